The first kappa shape index (κ1) is 18.0. The standard InChI is InChI=1S/C18H31NO2/c1-6-18(13-20,19-7-2)9-8-10-21-17-15(4)11-14(3)12-16(17)5/h11-12,19-20H,6-10,13H2,1-5H3. The molecule has 0 aliphatic carbocycles. The average molecular weight is 293 g/mol. The molecular formula is C18H31NO2. The van der Waals surface area contributed by atoms with E-state index in [0.717, 1.165) is 31.6 Å². The number of hydrogen-bond acceptors (Lipinski definition) is 3. The van der Waals surface area contributed by atoms with Gasteiger partial charge in [0.15, 0.2) is 0 Å². The molecular weight excluding hydrogens is 262 g/mol. The van der Waals surface area contributed by atoms with Gasteiger partial charge >= 0.3 is 0 Å². The first-order valence-corrected chi connectivity index (χ1v) is 8.04. The van der Waals surface area contributed by atoms with Crippen molar-refractivity contribution in [3.8, 4) is 5.75 Å². The monoisotopic (exact) mass is 293 g/mol. The Balaban J connectivity index is 2.54. The molecule has 3 heteroatoms. The number of benzene rings is 1. The molecule has 1 aromatic rings. The molecule has 1 atom stereocenters. The maximum atomic E-state index is 9.64. The molecule has 1 unspecified atom stereocenters. The molecule has 0 amide bonds. The van der Waals surface area contributed by atoms with Crippen LogP contribution in [0.4, 0.5) is 0 Å². The van der Waals surface area contributed by atoms with Crippen molar-refractivity contribution in [3.05, 3.63) is 28.8 Å². The van der Waals surface area contributed by atoms with Crippen LogP contribution in [0.2, 0.25) is 0 Å². The quantitative estimate of drug-likeness (QED) is 0.685. The van der Waals surface area contributed by atoms with Gasteiger partial charge < -0.3 is 15.2 Å². The second kappa shape index (κ2) is 8.40. The van der Waals surface area contributed by atoms with Crippen LogP contribution in [-0.4, -0.2) is 30.4 Å². The lowest BCUT2D eigenvalue weighted by molar-refractivity contribution is 0.139. The number of likely N-dealkylation sites (N-methyl/N-ethyl adjacent to an activating group) is 1. The highest BCUT2D eigenvalue weighted by Gasteiger charge is 2.25. The summed E-state index contributed by atoms with van der Waals surface area (Å²) in [4.78, 5) is 0. The Kier molecular flexibility index (Phi) is 7.20. The summed E-state index contributed by atoms with van der Waals surface area (Å²) in [5.41, 5.74) is 3.51. The zero-order chi connectivity index (χ0) is 15.9. The number of aliphatic hydroxyl groups is 1. The summed E-state index contributed by atoms with van der Waals surface area (Å²) in [6, 6.07) is 4.32. The van der Waals surface area contributed by atoms with E-state index in [2.05, 4.69) is 52.1 Å². The van der Waals surface area contributed by atoms with Crippen molar-refractivity contribution in [2.45, 2.75) is 59.4 Å². The van der Waals surface area contributed by atoms with Gasteiger partial charge in [-0.1, -0.05) is 31.5 Å². The van der Waals surface area contributed by atoms with Crippen molar-refractivity contribution in [1.29, 1.82) is 0 Å². The summed E-state index contributed by atoms with van der Waals surface area (Å²) in [5.74, 6) is 1.01. The molecule has 2 N–H and O–H groups in total. The van der Waals surface area contributed by atoms with Crippen molar-refractivity contribution in [2.24, 2.45) is 0 Å². The van der Waals surface area contributed by atoms with Crippen molar-refractivity contribution in [1.82, 2.24) is 5.32 Å². The lowest BCUT2D eigenvalue weighted by Gasteiger charge is -2.31. The lowest BCUT2D eigenvalue weighted by Crippen LogP contribution is -2.48. The molecule has 0 aromatic heterocycles. The second-order valence-corrected chi connectivity index (χ2v) is 6.00. The highest BCUT2D eigenvalue weighted by molar-refractivity contribution is 5.42. The van der Waals surface area contributed by atoms with Crippen molar-refractivity contribution in [2.75, 3.05) is 19.8 Å². The van der Waals surface area contributed by atoms with Crippen LogP contribution in [0.5, 0.6) is 5.75 Å². The third-order valence-electron chi connectivity index (χ3n) is 4.18. The molecule has 0 saturated heterocycles. The van der Waals surface area contributed by atoms with Gasteiger partial charge in [0, 0.05) is 5.54 Å². The van der Waals surface area contributed by atoms with Crippen LogP contribution in [0.25, 0.3) is 0 Å². The highest BCUT2D eigenvalue weighted by atomic mass is 16.5. The van der Waals surface area contributed by atoms with Crippen LogP contribution in [0.1, 0.15) is 49.8 Å². The van der Waals surface area contributed by atoms with Gasteiger partial charge in [-0.3, -0.25) is 0 Å². The smallest absolute Gasteiger partial charge is 0.125 e. The maximum absolute atomic E-state index is 9.64. The van der Waals surface area contributed by atoms with Crippen LogP contribution in [0, 0.1) is 20.8 Å². The number of nitrogens with one attached hydrogen (secondary N) is 1. The summed E-state index contributed by atoms with van der Waals surface area (Å²) in [7, 11) is 0. The molecule has 0 saturated carbocycles. The van der Waals surface area contributed by atoms with E-state index < -0.39 is 0 Å². The van der Waals surface area contributed by atoms with E-state index in [9.17, 15) is 5.11 Å². The topological polar surface area (TPSA) is 41.5 Å². The van der Waals surface area contributed by atoms with Crippen molar-refractivity contribution < 1.29 is 9.84 Å². The van der Waals surface area contributed by atoms with E-state index >= 15 is 0 Å². The van der Waals surface area contributed by atoms with Crippen LogP contribution >= 0.6 is 0 Å². The highest BCUT2D eigenvalue weighted by Crippen LogP contribution is 2.25. The number of hydrogen-bond donors (Lipinski definition) is 2. The maximum Gasteiger partial charge on any atom is 0.125 e. The molecule has 0 bridgehead atoms. The Labute approximate surface area is 129 Å². The fourth-order valence-corrected chi connectivity index (χ4v) is 2.99. The van der Waals surface area contributed by atoms with E-state index in [-0.39, 0.29) is 12.1 Å². The number of aliphatic hydroxyl groups excluding tert-OH is 1. The summed E-state index contributed by atoms with van der Waals surface area (Å²) in [6.07, 6.45) is 2.80. The molecule has 21 heavy (non-hydrogen) atoms. The third-order valence-corrected chi connectivity index (χ3v) is 4.18. The molecule has 0 spiro atoms. The van der Waals surface area contributed by atoms with Gasteiger partial charge in [-0.2, -0.15) is 0 Å². The molecule has 0 aliphatic rings. The Hall–Kier alpha value is -1.06. The largest absolute Gasteiger partial charge is 0.493 e. The van der Waals surface area contributed by atoms with Gasteiger partial charge in [-0.05, 0) is 57.7 Å². The Bertz CT molecular complexity index is 416. The number of rotatable bonds is 9. The van der Waals surface area contributed by atoms with Gasteiger partial charge in [0.2, 0.25) is 0 Å². The van der Waals surface area contributed by atoms with Crippen LogP contribution in [0.15, 0.2) is 12.1 Å². The third kappa shape index (κ3) is 5.01. The second-order valence-electron chi connectivity index (χ2n) is 6.00. The number of aryl methyl sites for hydroxylation is 3. The van der Waals surface area contributed by atoms with E-state index in [1.54, 1.807) is 0 Å². The minimum absolute atomic E-state index is 0.157. The SMILES string of the molecule is CCNC(CC)(CO)CCCOc1c(C)cc(C)cc1C. The van der Waals surface area contributed by atoms with Gasteiger partial charge in [0.25, 0.3) is 0 Å². The van der Waals surface area contributed by atoms with Gasteiger partial charge in [-0.25, -0.2) is 0 Å². The molecule has 120 valence electrons. The summed E-state index contributed by atoms with van der Waals surface area (Å²) in [6.45, 7) is 12.2. The lowest BCUT2D eigenvalue weighted by atomic mass is 9.91. The predicted molar refractivity (Wildman–Crippen MR) is 89.2 cm³/mol. The molecule has 0 aliphatic heterocycles. The van der Waals surface area contributed by atoms with Gasteiger partial charge in [0.05, 0.1) is 13.2 Å². The Morgan fingerprint density at radius 3 is 2.24 bits per heavy atom. The van der Waals surface area contributed by atoms with E-state index in [1.807, 2.05) is 0 Å². The fraction of sp³-hybridized carbons (Fsp3) is 0.667. The van der Waals surface area contributed by atoms with E-state index in [4.69, 9.17) is 4.74 Å². The fourth-order valence-electron chi connectivity index (χ4n) is 2.99. The predicted octanol–water partition coefficient (Wildman–Crippen LogP) is 3.52. The van der Waals surface area contributed by atoms with Crippen LogP contribution in [-0.2, 0) is 0 Å². The van der Waals surface area contributed by atoms with Crippen LogP contribution in [0.3, 0.4) is 0 Å². The number of ether oxygens (including phenoxy) is 1. The summed E-state index contributed by atoms with van der Waals surface area (Å²) >= 11 is 0. The Morgan fingerprint density at radius 1 is 1.14 bits per heavy atom. The minimum Gasteiger partial charge on any atom is -0.493 e. The first-order valence-electron chi connectivity index (χ1n) is 8.04. The summed E-state index contributed by atoms with van der Waals surface area (Å²) < 4.78 is 5.98. The normalized spacial score (nSPS) is 14.0. The first-order chi connectivity index (χ1) is 9.98. The van der Waals surface area contributed by atoms with Crippen molar-refractivity contribution in [3.63, 3.8) is 0 Å². The molecule has 0 heterocycles. The molecule has 0 fully saturated rings. The van der Waals surface area contributed by atoms with E-state index in [0.29, 0.717) is 6.61 Å². The molecule has 1 aromatic carbocycles. The Morgan fingerprint density at radius 2 is 1.76 bits per heavy atom. The average Bonchev–Trinajstić information content (AvgIpc) is 2.44. The van der Waals surface area contributed by atoms with Crippen LogP contribution < -0.4 is 10.1 Å². The zero-order valence-corrected chi connectivity index (χ0v) is 14.3. The van der Waals surface area contributed by atoms with Gasteiger partial charge in [-0.15, -0.1) is 0 Å². The van der Waals surface area contributed by atoms with Gasteiger partial charge in [0.1, 0.15) is 5.75 Å². The minimum atomic E-state index is -0.157. The van der Waals surface area contributed by atoms with E-state index in [1.165, 1.54) is 16.7 Å². The zero-order valence-electron chi connectivity index (χ0n) is 14.3. The van der Waals surface area contributed by atoms with Crippen molar-refractivity contribution >= 4 is 0 Å². The molecule has 0 radical (unpaired) electrons. The molecule has 3 nitrogen and oxygen atoms in total. The molecule has 1 rings (SSSR count). The summed E-state index contributed by atoms with van der Waals surface area (Å²) in [5, 5.41) is 13.1.